The van der Waals surface area contributed by atoms with Crippen LogP contribution in [0.2, 0.25) is 0 Å². The standard InChI is InChI=1S/C51H86O10/c1-3-5-7-9-11-13-15-17-19-21-22-24-26-28-30-32-34-36-38-40-47(54)60-44(43-59-51-50(57)49(56)48(55)45(41-52)61-51)42-58-46(53)39-37-35-33-31-29-27-25-23-20-18-16-14-12-10-8-6-4-2/h11,13-14,16-17,19,22,24,28,30,34,36,44-45,48-52,55-57H,3-10,12,15,18,20-21,23,25-27,29,31-33,35,37-43H2,1-2H3/b13-11+,16-14+,19-17+,24-22+,30-28+,36-34+/t44-,45-,48+,49?,50?,51-/m1/s1. The molecular formula is C51H86O10. The highest BCUT2D eigenvalue weighted by Gasteiger charge is 2.44. The molecule has 0 amide bonds. The third-order valence-corrected chi connectivity index (χ3v) is 10.6. The lowest BCUT2D eigenvalue weighted by Crippen LogP contribution is -2.59. The Hall–Kier alpha value is -2.86. The molecule has 0 bridgehead atoms. The summed E-state index contributed by atoms with van der Waals surface area (Å²) in [5.74, 6) is -0.908. The van der Waals surface area contributed by atoms with Crippen LogP contribution in [0.1, 0.15) is 181 Å². The summed E-state index contributed by atoms with van der Waals surface area (Å²) in [5, 5.41) is 40.1. The van der Waals surface area contributed by atoms with Crippen molar-refractivity contribution in [2.45, 2.75) is 218 Å². The van der Waals surface area contributed by atoms with Crippen LogP contribution >= 0.6 is 0 Å². The van der Waals surface area contributed by atoms with Gasteiger partial charge in [-0.1, -0.05) is 164 Å². The van der Waals surface area contributed by atoms with Gasteiger partial charge in [0.2, 0.25) is 0 Å². The van der Waals surface area contributed by atoms with Crippen LogP contribution in [0, 0.1) is 0 Å². The highest BCUT2D eigenvalue weighted by molar-refractivity contribution is 5.70. The largest absolute Gasteiger partial charge is 0.462 e. The van der Waals surface area contributed by atoms with Crippen molar-refractivity contribution in [2.75, 3.05) is 19.8 Å². The van der Waals surface area contributed by atoms with Crippen LogP contribution in [0.25, 0.3) is 0 Å². The number of rotatable bonds is 39. The second-order valence-electron chi connectivity index (χ2n) is 16.2. The van der Waals surface area contributed by atoms with Crippen molar-refractivity contribution >= 4 is 11.9 Å². The lowest BCUT2D eigenvalue weighted by atomic mass is 9.99. The van der Waals surface area contributed by atoms with Crippen molar-refractivity contribution in [1.82, 2.24) is 0 Å². The minimum atomic E-state index is -1.61. The first kappa shape index (κ1) is 56.2. The van der Waals surface area contributed by atoms with E-state index in [2.05, 4.69) is 74.6 Å². The number of carbonyl (C=O) groups is 2. The molecule has 0 spiro atoms. The fraction of sp³-hybridized carbons (Fsp3) is 0.725. The van der Waals surface area contributed by atoms with Crippen LogP contribution in [0.15, 0.2) is 72.9 Å². The molecule has 0 aromatic heterocycles. The molecule has 1 saturated heterocycles. The lowest BCUT2D eigenvalue weighted by molar-refractivity contribution is -0.305. The molecule has 350 valence electrons. The van der Waals surface area contributed by atoms with Gasteiger partial charge in [0.05, 0.1) is 13.2 Å². The zero-order valence-electron chi connectivity index (χ0n) is 38.1. The Bertz CT molecular complexity index is 1220. The predicted molar refractivity (Wildman–Crippen MR) is 247 cm³/mol. The molecule has 61 heavy (non-hydrogen) atoms. The van der Waals surface area contributed by atoms with E-state index in [9.17, 15) is 30.0 Å². The van der Waals surface area contributed by atoms with Gasteiger partial charge >= 0.3 is 11.9 Å². The molecule has 0 aliphatic carbocycles. The topological polar surface area (TPSA) is 152 Å². The molecule has 4 N–H and O–H groups in total. The highest BCUT2D eigenvalue weighted by atomic mass is 16.7. The van der Waals surface area contributed by atoms with Gasteiger partial charge in [0.15, 0.2) is 12.4 Å². The number of hydrogen-bond acceptors (Lipinski definition) is 10. The number of aliphatic hydroxyl groups is 4. The Morgan fingerprint density at radius 1 is 0.508 bits per heavy atom. The van der Waals surface area contributed by atoms with E-state index in [0.717, 1.165) is 44.9 Å². The summed E-state index contributed by atoms with van der Waals surface area (Å²) < 4.78 is 22.1. The first-order chi connectivity index (χ1) is 29.8. The average Bonchev–Trinajstić information content (AvgIpc) is 3.26. The molecule has 1 fully saturated rings. The number of unbranched alkanes of at least 4 members (excludes halogenated alkanes) is 16. The first-order valence-electron chi connectivity index (χ1n) is 24.0. The molecule has 1 rings (SSSR count). The van der Waals surface area contributed by atoms with Crippen molar-refractivity contribution < 1.29 is 49.0 Å². The molecule has 0 aromatic carbocycles. The van der Waals surface area contributed by atoms with E-state index in [1.54, 1.807) is 0 Å². The minimum absolute atomic E-state index is 0.103. The van der Waals surface area contributed by atoms with Crippen LogP contribution in [0.3, 0.4) is 0 Å². The first-order valence-corrected chi connectivity index (χ1v) is 24.0. The minimum Gasteiger partial charge on any atom is -0.462 e. The van der Waals surface area contributed by atoms with E-state index in [4.69, 9.17) is 18.9 Å². The van der Waals surface area contributed by atoms with E-state index in [1.165, 1.54) is 96.3 Å². The Morgan fingerprint density at radius 3 is 1.49 bits per heavy atom. The summed E-state index contributed by atoms with van der Waals surface area (Å²) in [4.78, 5) is 25.4. The summed E-state index contributed by atoms with van der Waals surface area (Å²) in [5.41, 5.74) is 0. The van der Waals surface area contributed by atoms with Crippen LogP contribution in [0.5, 0.6) is 0 Å². The molecule has 1 aliphatic heterocycles. The fourth-order valence-electron chi connectivity index (χ4n) is 6.75. The van der Waals surface area contributed by atoms with Crippen molar-refractivity contribution in [3.8, 4) is 0 Å². The predicted octanol–water partition coefficient (Wildman–Crippen LogP) is 10.8. The lowest BCUT2D eigenvalue weighted by Gasteiger charge is -2.39. The maximum atomic E-state index is 12.8. The summed E-state index contributed by atoms with van der Waals surface area (Å²) in [7, 11) is 0. The van der Waals surface area contributed by atoms with Crippen LogP contribution in [-0.4, -0.2) is 89.0 Å². The molecule has 10 nitrogen and oxygen atoms in total. The number of carbonyl (C=O) groups excluding carboxylic acids is 2. The Kier molecular flexibility index (Phi) is 37.9. The number of ether oxygens (including phenoxy) is 4. The summed E-state index contributed by atoms with van der Waals surface area (Å²) >= 11 is 0. The van der Waals surface area contributed by atoms with E-state index in [0.29, 0.717) is 12.8 Å². The summed E-state index contributed by atoms with van der Waals surface area (Å²) in [6.45, 7) is 3.31. The van der Waals surface area contributed by atoms with E-state index < -0.39 is 55.4 Å². The Balaban J connectivity index is 2.37. The third-order valence-electron chi connectivity index (χ3n) is 10.6. The van der Waals surface area contributed by atoms with Gasteiger partial charge in [-0.05, 0) is 77.0 Å². The van der Waals surface area contributed by atoms with Crippen molar-refractivity contribution in [3.05, 3.63) is 72.9 Å². The van der Waals surface area contributed by atoms with E-state index in [-0.39, 0.29) is 26.1 Å². The van der Waals surface area contributed by atoms with Gasteiger partial charge in [0.1, 0.15) is 31.0 Å². The van der Waals surface area contributed by atoms with Crippen molar-refractivity contribution in [1.29, 1.82) is 0 Å². The Labute approximate surface area is 370 Å². The molecule has 0 saturated carbocycles. The molecular weight excluding hydrogens is 773 g/mol. The smallest absolute Gasteiger partial charge is 0.306 e. The summed E-state index contributed by atoms with van der Waals surface area (Å²) in [6.07, 6.45) is 44.9. The Morgan fingerprint density at radius 2 is 0.951 bits per heavy atom. The molecule has 0 radical (unpaired) electrons. The number of allylic oxidation sites excluding steroid dienone is 12. The number of hydrogen-bond donors (Lipinski definition) is 4. The molecule has 1 heterocycles. The molecule has 1 aliphatic rings. The second kappa shape index (κ2) is 41.2. The molecule has 6 atom stereocenters. The zero-order chi connectivity index (χ0) is 44.4. The normalized spacial score (nSPS) is 20.4. The maximum Gasteiger partial charge on any atom is 0.306 e. The average molecular weight is 859 g/mol. The van der Waals surface area contributed by atoms with Crippen LogP contribution in [-0.2, 0) is 28.5 Å². The van der Waals surface area contributed by atoms with Crippen molar-refractivity contribution in [2.24, 2.45) is 0 Å². The molecule has 10 heteroatoms. The van der Waals surface area contributed by atoms with Gasteiger partial charge in [-0.25, -0.2) is 0 Å². The van der Waals surface area contributed by atoms with Gasteiger partial charge in [-0.2, -0.15) is 0 Å². The van der Waals surface area contributed by atoms with Gasteiger partial charge in [0.25, 0.3) is 0 Å². The summed E-state index contributed by atoms with van der Waals surface area (Å²) in [6, 6.07) is 0. The van der Waals surface area contributed by atoms with Crippen LogP contribution in [0.4, 0.5) is 0 Å². The van der Waals surface area contributed by atoms with Crippen LogP contribution < -0.4 is 0 Å². The van der Waals surface area contributed by atoms with Gasteiger partial charge in [-0.3, -0.25) is 9.59 Å². The third kappa shape index (κ3) is 32.5. The second-order valence-corrected chi connectivity index (χ2v) is 16.2. The fourth-order valence-corrected chi connectivity index (χ4v) is 6.75. The quantitative estimate of drug-likeness (QED) is 0.0267. The number of aliphatic hydroxyl groups excluding tert-OH is 4. The monoisotopic (exact) mass is 859 g/mol. The zero-order valence-corrected chi connectivity index (χ0v) is 38.1. The maximum absolute atomic E-state index is 12.8. The van der Waals surface area contributed by atoms with Crippen molar-refractivity contribution in [3.63, 3.8) is 0 Å². The van der Waals surface area contributed by atoms with E-state index >= 15 is 0 Å². The van der Waals surface area contributed by atoms with Gasteiger partial charge in [-0.15, -0.1) is 0 Å². The molecule has 2 unspecified atom stereocenters. The molecule has 0 aromatic rings. The van der Waals surface area contributed by atoms with Gasteiger partial charge in [0, 0.05) is 12.8 Å². The number of esters is 2. The SMILES string of the molecule is CCCCC/C=C/C/C=C/C/C=C/C/C=C/C/C=C/CCC(=O)O[C@H](COC(=O)CCCCCCCCCCC/C=C/CCCCCC)CO[C@@H]1O[C@H](CO)[C@H](O)C(O)C1O. The van der Waals surface area contributed by atoms with E-state index in [1.807, 2.05) is 12.2 Å². The van der Waals surface area contributed by atoms with Gasteiger partial charge < -0.3 is 39.4 Å². The highest BCUT2D eigenvalue weighted by Crippen LogP contribution is 2.22.